The van der Waals surface area contributed by atoms with Gasteiger partial charge in [0, 0.05) is 5.02 Å². The summed E-state index contributed by atoms with van der Waals surface area (Å²) in [7, 11) is 2.27. The highest BCUT2D eigenvalue weighted by Crippen LogP contribution is 2.25. The minimum atomic E-state index is -0.0238. The summed E-state index contributed by atoms with van der Waals surface area (Å²) in [4.78, 5) is 18.6. The Bertz CT molecular complexity index is 946. The smallest absolute Gasteiger partial charge is 0.267 e. The number of aromatic nitrogens is 2. The van der Waals surface area contributed by atoms with Crippen LogP contribution in [0, 0.1) is 0 Å². The van der Waals surface area contributed by atoms with Gasteiger partial charge in [0.25, 0.3) is 5.56 Å². The number of halogens is 1. The lowest BCUT2D eigenvalue weighted by Crippen LogP contribution is -2.45. The lowest BCUT2D eigenvalue weighted by molar-refractivity contribution is -0.903. The summed E-state index contributed by atoms with van der Waals surface area (Å²) in [5.41, 5.74) is 0.773. The summed E-state index contributed by atoms with van der Waals surface area (Å²) < 4.78 is 2.72. The third-order valence-corrected chi connectivity index (χ3v) is 6.92. The minimum absolute atomic E-state index is 0.0238. The zero-order chi connectivity index (χ0) is 18.7. The Morgan fingerprint density at radius 2 is 1.88 bits per heavy atom. The predicted octanol–water partition coefficient (Wildman–Crippen LogP) is 4.68. The number of thioether (sulfide) groups is 1. The average Bonchev–Trinajstić information content (AvgIpc) is 3.12. The van der Waals surface area contributed by atoms with Gasteiger partial charge < -0.3 is 4.48 Å². The molecule has 0 atom stereocenters. The molecule has 0 aliphatic heterocycles. The van der Waals surface area contributed by atoms with Crippen LogP contribution in [-0.4, -0.2) is 46.5 Å². The van der Waals surface area contributed by atoms with Crippen LogP contribution in [-0.2, 0) is 0 Å². The number of nitrogens with zero attached hydrogens (tertiary/aromatic N) is 3. The summed E-state index contributed by atoms with van der Waals surface area (Å²) in [5, 5.41) is 3.98. The lowest BCUT2D eigenvalue weighted by atomic mass is 10.3. The van der Waals surface area contributed by atoms with Crippen molar-refractivity contribution in [3.8, 4) is 5.69 Å². The van der Waals surface area contributed by atoms with Gasteiger partial charge in [-0.1, -0.05) is 23.4 Å². The van der Waals surface area contributed by atoms with Gasteiger partial charge in [0.1, 0.15) is 4.83 Å². The van der Waals surface area contributed by atoms with Crippen LogP contribution in [0.4, 0.5) is 0 Å². The highest BCUT2D eigenvalue weighted by molar-refractivity contribution is 7.99. The van der Waals surface area contributed by atoms with E-state index in [4.69, 9.17) is 16.6 Å². The van der Waals surface area contributed by atoms with Gasteiger partial charge in [-0.3, -0.25) is 9.36 Å². The number of hydrogen-bond acceptors (Lipinski definition) is 4. The highest BCUT2D eigenvalue weighted by atomic mass is 35.5. The Balaban J connectivity index is 1.99. The van der Waals surface area contributed by atoms with Crippen LogP contribution in [0.15, 0.2) is 45.7 Å². The molecule has 4 nitrogen and oxygen atoms in total. The number of rotatable bonds is 7. The SMILES string of the molecule is CC[N+](C)(CC)CCSc1nc2sccc2c(=O)n1-c1ccc(Cl)cc1. The second kappa shape index (κ2) is 8.13. The molecule has 3 aromatic rings. The number of benzene rings is 1. The second-order valence-corrected chi connectivity index (χ2v) is 8.87. The van der Waals surface area contributed by atoms with E-state index in [-0.39, 0.29) is 5.56 Å². The van der Waals surface area contributed by atoms with Crippen LogP contribution in [0.5, 0.6) is 0 Å². The molecule has 1 aromatic carbocycles. The molecule has 2 heterocycles. The van der Waals surface area contributed by atoms with E-state index in [9.17, 15) is 4.79 Å². The molecule has 0 spiro atoms. The van der Waals surface area contributed by atoms with Gasteiger partial charge in [-0.2, -0.15) is 0 Å². The fraction of sp³-hybridized carbons (Fsp3) is 0.368. The van der Waals surface area contributed by atoms with Crippen molar-refractivity contribution in [3.63, 3.8) is 0 Å². The predicted molar refractivity (Wildman–Crippen MR) is 113 cm³/mol. The highest BCUT2D eigenvalue weighted by Gasteiger charge is 2.18. The molecule has 0 radical (unpaired) electrons. The van der Waals surface area contributed by atoms with Gasteiger partial charge in [-0.15, -0.1) is 11.3 Å². The first-order valence-corrected chi connectivity index (χ1v) is 10.9. The monoisotopic (exact) mass is 408 g/mol. The first kappa shape index (κ1) is 19.4. The number of hydrogen-bond donors (Lipinski definition) is 0. The molecule has 0 unspecified atom stereocenters. The van der Waals surface area contributed by atoms with Crippen LogP contribution in [0.2, 0.25) is 5.02 Å². The van der Waals surface area contributed by atoms with E-state index in [1.807, 2.05) is 23.6 Å². The summed E-state index contributed by atoms with van der Waals surface area (Å²) in [6.45, 7) is 7.66. The van der Waals surface area contributed by atoms with Crippen molar-refractivity contribution in [1.82, 2.24) is 9.55 Å². The van der Waals surface area contributed by atoms with Gasteiger partial charge in [0.05, 0.1) is 43.5 Å². The maximum atomic E-state index is 13.0. The van der Waals surface area contributed by atoms with E-state index < -0.39 is 0 Å². The van der Waals surface area contributed by atoms with Crippen molar-refractivity contribution in [2.45, 2.75) is 19.0 Å². The number of thiophene rings is 1. The van der Waals surface area contributed by atoms with Crippen LogP contribution in [0.3, 0.4) is 0 Å². The Hall–Kier alpha value is -1.34. The standard InChI is InChI=1S/C19H23ClN3OS2/c1-4-23(3,5-2)11-13-26-19-21-17-16(10-12-25-17)18(24)22(19)15-8-6-14(20)7-9-15/h6-10,12H,4-5,11,13H2,1-3H3/q+1. The summed E-state index contributed by atoms with van der Waals surface area (Å²) in [6.07, 6.45) is 0. The van der Waals surface area contributed by atoms with Gasteiger partial charge in [0.15, 0.2) is 5.16 Å². The maximum absolute atomic E-state index is 13.0. The molecule has 0 aliphatic rings. The molecule has 0 bridgehead atoms. The molecule has 3 rings (SSSR count). The molecule has 0 N–H and O–H groups in total. The third-order valence-electron chi connectivity index (χ3n) is 4.94. The van der Waals surface area contributed by atoms with E-state index in [0.29, 0.717) is 10.4 Å². The summed E-state index contributed by atoms with van der Waals surface area (Å²) in [5.74, 6) is 0.912. The second-order valence-electron chi connectivity index (χ2n) is 6.47. The molecule has 7 heteroatoms. The molecule has 0 saturated carbocycles. The molecular weight excluding hydrogens is 386 g/mol. The summed E-state index contributed by atoms with van der Waals surface area (Å²) in [6, 6.07) is 9.19. The van der Waals surface area contributed by atoms with Crippen molar-refractivity contribution < 1.29 is 4.48 Å². The van der Waals surface area contributed by atoms with E-state index in [2.05, 4.69) is 20.9 Å². The Labute approximate surface area is 167 Å². The van der Waals surface area contributed by atoms with Crippen molar-refractivity contribution >= 4 is 44.9 Å². The summed E-state index contributed by atoms with van der Waals surface area (Å²) >= 11 is 9.17. The van der Waals surface area contributed by atoms with Crippen LogP contribution >= 0.6 is 34.7 Å². The molecule has 0 saturated heterocycles. The normalized spacial score (nSPS) is 12.0. The van der Waals surface area contributed by atoms with E-state index >= 15 is 0 Å². The topological polar surface area (TPSA) is 34.9 Å². The first-order valence-electron chi connectivity index (χ1n) is 8.70. The number of fused-ring (bicyclic) bond motifs is 1. The van der Waals surface area contributed by atoms with Crippen LogP contribution in [0.1, 0.15) is 13.8 Å². The fourth-order valence-electron chi connectivity index (χ4n) is 2.71. The zero-order valence-electron chi connectivity index (χ0n) is 15.2. The average molecular weight is 409 g/mol. The maximum Gasteiger partial charge on any atom is 0.267 e. The fourth-order valence-corrected chi connectivity index (χ4v) is 4.83. The molecule has 0 fully saturated rings. The van der Waals surface area contributed by atoms with E-state index in [1.54, 1.807) is 28.5 Å². The quantitative estimate of drug-likeness (QED) is 0.323. The lowest BCUT2D eigenvalue weighted by Gasteiger charge is -2.31. The van der Waals surface area contributed by atoms with Crippen molar-refractivity contribution in [1.29, 1.82) is 0 Å². The third kappa shape index (κ3) is 3.98. The van der Waals surface area contributed by atoms with Crippen LogP contribution in [0.25, 0.3) is 15.9 Å². The van der Waals surface area contributed by atoms with Gasteiger partial charge >= 0.3 is 0 Å². The first-order chi connectivity index (χ1) is 12.5. The largest absolute Gasteiger partial charge is 0.326 e. The van der Waals surface area contributed by atoms with Gasteiger partial charge in [-0.05, 0) is 49.6 Å². The van der Waals surface area contributed by atoms with Gasteiger partial charge in [-0.25, -0.2) is 4.98 Å². The van der Waals surface area contributed by atoms with Crippen molar-refractivity contribution in [2.75, 3.05) is 32.4 Å². The molecule has 26 heavy (non-hydrogen) atoms. The molecule has 138 valence electrons. The minimum Gasteiger partial charge on any atom is -0.326 e. The van der Waals surface area contributed by atoms with E-state index in [0.717, 1.165) is 45.5 Å². The number of quaternary nitrogens is 1. The Kier molecular flexibility index (Phi) is 6.07. The molecular formula is C19H23ClN3OS2+. The molecule has 2 aromatic heterocycles. The molecule has 0 amide bonds. The van der Waals surface area contributed by atoms with Crippen molar-refractivity contribution in [3.05, 3.63) is 51.1 Å². The Morgan fingerprint density at radius 3 is 2.54 bits per heavy atom. The Morgan fingerprint density at radius 1 is 1.19 bits per heavy atom. The van der Waals surface area contributed by atoms with Crippen molar-refractivity contribution in [2.24, 2.45) is 0 Å². The molecule has 0 aliphatic carbocycles. The zero-order valence-corrected chi connectivity index (χ0v) is 17.6. The van der Waals surface area contributed by atoms with Crippen LogP contribution < -0.4 is 5.56 Å². The van der Waals surface area contributed by atoms with Gasteiger partial charge in [0.2, 0.25) is 0 Å². The van der Waals surface area contributed by atoms with E-state index in [1.165, 1.54) is 11.3 Å².